The lowest BCUT2D eigenvalue weighted by atomic mass is 10.0. The van der Waals surface area contributed by atoms with Crippen molar-refractivity contribution in [2.45, 2.75) is 17.7 Å². The number of carbonyl (C=O) groups excluding carboxylic acids is 1. The molecule has 2 aliphatic heterocycles. The minimum Gasteiger partial charge on any atom is -0.378 e. The van der Waals surface area contributed by atoms with Gasteiger partial charge in [0.2, 0.25) is 0 Å². The number of rotatable bonds is 3. The van der Waals surface area contributed by atoms with Crippen LogP contribution in [0.25, 0.3) is 0 Å². The molecule has 0 spiro atoms. The van der Waals surface area contributed by atoms with Gasteiger partial charge >= 0.3 is 0 Å². The third-order valence-corrected chi connectivity index (χ3v) is 6.96. The van der Waals surface area contributed by atoms with Gasteiger partial charge in [-0.3, -0.25) is 9.10 Å². The van der Waals surface area contributed by atoms with Gasteiger partial charge in [0, 0.05) is 31.1 Å². The van der Waals surface area contributed by atoms with Crippen LogP contribution >= 0.6 is 0 Å². The number of sulfonamides is 1. The van der Waals surface area contributed by atoms with E-state index < -0.39 is 10.0 Å². The molecule has 1 amide bonds. The van der Waals surface area contributed by atoms with E-state index in [1.165, 1.54) is 16.4 Å². The first-order chi connectivity index (χ1) is 13.0. The van der Waals surface area contributed by atoms with Crippen molar-refractivity contribution in [3.63, 3.8) is 0 Å². The Hall–Kier alpha value is -2.38. The van der Waals surface area contributed by atoms with E-state index >= 15 is 0 Å². The number of nitrogens with zero attached hydrogens (tertiary/aromatic N) is 2. The van der Waals surface area contributed by atoms with Gasteiger partial charge in [0.05, 0.1) is 23.8 Å². The van der Waals surface area contributed by atoms with Gasteiger partial charge in [0.25, 0.3) is 15.9 Å². The molecule has 2 aliphatic rings. The Kier molecular flexibility index (Phi) is 4.65. The predicted octanol–water partition coefficient (Wildman–Crippen LogP) is 2.47. The second-order valence-corrected chi connectivity index (χ2v) is 8.79. The number of para-hydroxylation sites is 1. The molecule has 1 atom stereocenters. The lowest BCUT2D eigenvalue weighted by Crippen LogP contribution is -2.40. The minimum absolute atomic E-state index is 0.0950. The Labute approximate surface area is 159 Å². The summed E-state index contributed by atoms with van der Waals surface area (Å²) in [6.07, 6.45) is 0. The normalized spacial score (nSPS) is 19.8. The maximum absolute atomic E-state index is 13.1. The molecule has 1 unspecified atom stereocenters. The largest absolute Gasteiger partial charge is 0.378 e. The van der Waals surface area contributed by atoms with Gasteiger partial charge in [-0.05, 0) is 35.9 Å². The van der Waals surface area contributed by atoms with Crippen molar-refractivity contribution in [1.29, 1.82) is 0 Å². The first-order valence-electron chi connectivity index (χ1n) is 9.07. The summed E-state index contributed by atoms with van der Waals surface area (Å²) in [5.74, 6) is 0.0561. The number of carbonyl (C=O) groups is 1. The van der Waals surface area contributed by atoms with Crippen LogP contribution in [-0.2, 0) is 14.8 Å². The molecule has 4 rings (SSSR count). The van der Waals surface area contributed by atoms with Crippen LogP contribution in [0, 0.1) is 0 Å². The quantitative estimate of drug-likeness (QED) is 0.813. The van der Waals surface area contributed by atoms with Crippen molar-refractivity contribution in [2.75, 3.05) is 37.2 Å². The Morgan fingerprint density at radius 1 is 1.04 bits per heavy atom. The fourth-order valence-corrected chi connectivity index (χ4v) is 5.23. The number of fused-ring (bicyclic) bond motifs is 1. The molecule has 0 radical (unpaired) electrons. The van der Waals surface area contributed by atoms with E-state index in [2.05, 4.69) is 0 Å². The summed E-state index contributed by atoms with van der Waals surface area (Å²) in [5.41, 5.74) is 2.27. The first kappa shape index (κ1) is 18.0. The lowest BCUT2D eigenvalue weighted by Gasteiger charge is -2.27. The van der Waals surface area contributed by atoms with Gasteiger partial charge in [-0.1, -0.05) is 25.1 Å². The van der Waals surface area contributed by atoms with Crippen LogP contribution in [0.3, 0.4) is 0 Å². The molecule has 0 aromatic heterocycles. The standard InChI is InChI=1S/C20H22N2O4S/c1-15-14-22(19-5-3-2-4-18(15)19)27(24,25)17-8-6-16(7-9-17)20(23)21-10-12-26-13-11-21/h2-9,15H,10-14H2,1H3. The number of morpholine rings is 1. The van der Waals surface area contributed by atoms with E-state index in [4.69, 9.17) is 4.74 Å². The van der Waals surface area contributed by atoms with Gasteiger partial charge in [-0.25, -0.2) is 8.42 Å². The molecule has 2 aromatic carbocycles. The topological polar surface area (TPSA) is 66.9 Å². The highest BCUT2D eigenvalue weighted by molar-refractivity contribution is 7.92. The molecule has 7 heteroatoms. The van der Waals surface area contributed by atoms with Crippen LogP contribution in [0.5, 0.6) is 0 Å². The van der Waals surface area contributed by atoms with Crippen LogP contribution in [-0.4, -0.2) is 52.1 Å². The smallest absolute Gasteiger partial charge is 0.264 e. The molecule has 142 valence electrons. The Morgan fingerprint density at radius 2 is 1.70 bits per heavy atom. The molecule has 0 bridgehead atoms. The zero-order chi connectivity index (χ0) is 19.0. The fraction of sp³-hybridized carbons (Fsp3) is 0.350. The number of benzene rings is 2. The Morgan fingerprint density at radius 3 is 2.41 bits per heavy atom. The molecule has 2 heterocycles. The summed E-state index contributed by atoms with van der Waals surface area (Å²) in [7, 11) is -3.66. The third-order valence-electron chi connectivity index (χ3n) is 5.16. The molecule has 6 nitrogen and oxygen atoms in total. The van der Waals surface area contributed by atoms with Crippen molar-refractivity contribution in [3.05, 3.63) is 59.7 Å². The molecule has 0 aliphatic carbocycles. The monoisotopic (exact) mass is 386 g/mol. The van der Waals surface area contributed by atoms with Gasteiger partial charge in [0.15, 0.2) is 0 Å². The summed E-state index contributed by atoms with van der Waals surface area (Å²) in [6, 6.07) is 13.8. The van der Waals surface area contributed by atoms with Gasteiger partial charge < -0.3 is 9.64 Å². The van der Waals surface area contributed by atoms with E-state index in [0.29, 0.717) is 38.4 Å². The SMILES string of the molecule is CC1CN(S(=O)(=O)c2ccc(C(=O)N3CCOCC3)cc2)c2ccccc21. The molecule has 1 fully saturated rings. The molecule has 27 heavy (non-hydrogen) atoms. The summed E-state index contributed by atoms with van der Waals surface area (Å²) < 4.78 is 33.0. The summed E-state index contributed by atoms with van der Waals surface area (Å²) in [4.78, 5) is 14.5. The average molecular weight is 386 g/mol. The van der Waals surface area contributed by atoms with Crippen molar-refractivity contribution < 1.29 is 17.9 Å². The van der Waals surface area contributed by atoms with Crippen LogP contribution < -0.4 is 4.31 Å². The number of amides is 1. The predicted molar refractivity (Wildman–Crippen MR) is 103 cm³/mol. The number of hydrogen-bond donors (Lipinski definition) is 0. The van der Waals surface area contributed by atoms with E-state index in [-0.39, 0.29) is 16.7 Å². The summed E-state index contributed by atoms with van der Waals surface area (Å²) in [6.45, 7) is 4.63. The Balaban J connectivity index is 1.59. The number of hydrogen-bond acceptors (Lipinski definition) is 4. The molecule has 0 saturated carbocycles. The average Bonchev–Trinajstić information content (AvgIpc) is 3.06. The highest BCUT2D eigenvalue weighted by Crippen LogP contribution is 2.39. The molecule has 0 N–H and O–H groups in total. The van der Waals surface area contributed by atoms with Crippen molar-refractivity contribution in [2.24, 2.45) is 0 Å². The van der Waals surface area contributed by atoms with Gasteiger partial charge in [-0.2, -0.15) is 0 Å². The fourth-order valence-electron chi connectivity index (χ4n) is 3.65. The van der Waals surface area contributed by atoms with Crippen molar-refractivity contribution in [3.8, 4) is 0 Å². The molecule has 1 saturated heterocycles. The van der Waals surface area contributed by atoms with Crippen LogP contribution in [0.15, 0.2) is 53.4 Å². The molecule has 2 aromatic rings. The van der Waals surface area contributed by atoms with Gasteiger partial charge in [0.1, 0.15) is 0 Å². The second kappa shape index (κ2) is 6.98. The van der Waals surface area contributed by atoms with Crippen molar-refractivity contribution >= 4 is 21.6 Å². The highest BCUT2D eigenvalue weighted by atomic mass is 32.2. The number of ether oxygens (including phenoxy) is 1. The van der Waals surface area contributed by atoms with Crippen LogP contribution in [0.2, 0.25) is 0 Å². The maximum Gasteiger partial charge on any atom is 0.264 e. The highest BCUT2D eigenvalue weighted by Gasteiger charge is 2.34. The zero-order valence-electron chi connectivity index (χ0n) is 15.2. The molecular weight excluding hydrogens is 364 g/mol. The Bertz CT molecular complexity index is 950. The maximum atomic E-state index is 13.1. The van der Waals surface area contributed by atoms with E-state index in [1.807, 2.05) is 31.2 Å². The second-order valence-electron chi connectivity index (χ2n) is 6.92. The summed E-state index contributed by atoms with van der Waals surface area (Å²) >= 11 is 0. The zero-order valence-corrected chi connectivity index (χ0v) is 16.0. The molecular formula is C20H22N2O4S. The number of anilines is 1. The minimum atomic E-state index is -3.66. The van der Waals surface area contributed by atoms with Crippen molar-refractivity contribution in [1.82, 2.24) is 4.90 Å². The third kappa shape index (κ3) is 3.21. The van der Waals surface area contributed by atoms with E-state index in [1.54, 1.807) is 17.0 Å². The van der Waals surface area contributed by atoms with Crippen LogP contribution in [0.4, 0.5) is 5.69 Å². The first-order valence-corrected chi connectivity index (χ1v) is 10.5. The van der Waals surface area contributed by atoms with Gasteiger partial charge in [-0.15, -0.1) is 0 Å². The lowest BCUT2D eigenvalue weighted by molar-refractivity contribution is 0.0303. The summed E-state index contributed by atoms with van der Waals surface area (Å²) in [5, 5.41) is 0. The van der Waals surface area contributed by atoms with Crippen LogP contribution in [0.1, 0.15) is 28.8 Å². The van der Waals surface area contributed by atoms with E-state index in [0.717, 1.165) is 11.3 Å². The van der Waals surface area contributed by atoms with E-state index in [9.17, 15) is 13.2 Å².